The summed E-state index contributed by atoms with van der Waals surface area (Å²) in [6.45, 7) is 0. The molecule has 2 nitrogen and oxygen atoms in total. The van der Waals surface area contributed by atoms with Crippen LogP contribution in [0, 0.1) is 12.3 Å². The Balaban J connectivity index is 2.47. The third kappa shape index (κ3) is 1.22. The zero-order valence-electron chi connectivity index (χ0n) is 8.08. The first kappa shape index (κ1) is 8.96. The highest BCUT2D eigenvalue weighted by atomic mass is 16.5. The molecule has 1 N–H and O–H groups in total. The summed E-state index contributed by atoms with van der Waals surface area (Å²) in [6, 6.07) is 5.18. The minimum Gasteiger partial charge on any atom is -0.508 e. The van der Waals surface area contributed by atoms with E-state index in [0.29, 0.717) is 0 Å². The predicted molar refractivity (Wildman–Crippen MR) is 54.4 cm³/mol. The highest BCUT2D eigenvalue weighted by Gasteiger charge is 2.44. The molecule has 0 heterocycles. The number of ether oxygens (including phenoxy) is 1. The minimum atomic E-state index is -0.237. The molecule has 0 unspecified atom stereocenters. The van der Waals surface area contributed by atoms with Gasteiger partial charge >= 0.3 is 0 Å². The van der Waals surface area contributed by atoms with Crippen molar-refractivity contribution >= 4 is 0 Å². The molecule has 1 aromatic rings. The molecule has 0 bridgehead atoms. The van der Waals surface area contributed by atoms with Gasteiger partial charge in [-0.1, -0.05) is 5.92 Å². The van der Waals surface area contributed by atoms with Gasteiger partial charge < -0.3 is 9.84 Å². The lowest BCUT2D eigenvalue weighted by Crippen LogP contribution is -2.03. The van der Waals surface area contributed by atoms with Gasteiger partial charge in [-0.3, -0.25) is 0 Å². The van der Waals surface area contributed by atoms with Crippen molar-refractivity contribution < 1.29 is 9.84 Å². The zero-order chi connectivity index (χ0) is 10.2. The smallest absolute Gasteiger partial charge is 0.120 e. The van der Waals surface area contributed by atoms with Gasteiger partial charge in [0.25, 0.3) is 0 Å². The van der Waals surface area contributed by atoms with Crippen LogP contribution in [0.3, 0.4) is 0 Å². The SMILES string of the molecule is C#CC1(c2cc(OC)ccc2O)CC1. The maximum absolute atomic E-state index is 9.69. The van der Waals surface area contributed by atoms with E-state index < -0.39 is 0 Å². The van der Waals surface area contributed by atoms with E-state index in [1.807, 2.05) is 6.07 Å². The number of terminal acetylenes is 1. The van der Waals surface area contributed by atoms with Crippen LogP contribution < -0.4 is 4.74 Å². The van der Waals surface area contributed by atoms with E-state index in [-0.39, 0.29) is 11.2 Å². The molecule has 1 saturated carbocycles. The minimum absolute atomic E-state index is 0.237. The molecule has 0 aliphatic heterocycles. The van der Waals surface area contributed by atoms with Crippen LogP contribution >= 0.6 is 0 Å². The summed E-state index contributed by atoms with van der Waals surface area (Å²) in [4.78, 5) is 0. The Morgan fingerprint density at radius 2 is 2.21 bits per heavy atom. The lowest BCUT2D eigenvalue weighted by molar-refractivity contribution is 0.410. The van der Waals surface area contributed by atoms with Crippen molar-refractivity contribution in [1.29, 1.82) is 0 Å². The van der Waals surface area contributed by atoms with Crippen molar-refractivity contribution in [2.75, 3.05) is 7.11 Å². The van der Waals surface area contributed by atoms with E-state index in [1.165, 1.54) is 0 Å². The molecule has 0 amide bonds. The Morgan fingerprint density at radius 1 is 1.50 bits per heavy atom. The molecule has 1 fully saturated rings. The average molecular weight is 188 g/mol. The van der Waals surface area contributed by atoms with Crippen molar-refractivity contribution in [2.24, 2.45) is 0 Å². The van der Waals surface area contributed by atoms with E-state index in [2.05, 4.69) is 5.92 Å². The summed E-state index contributed by atoms with van der Waals surface area (Å²) in [6.07, 6.45) is 7.36. The van der Waals surface area contributed by atoms with E-state index >= 15 is 0 Å². The van der Waals surface area contributed by atoms with Gasteiger partial charge in [-0.05, 0) is 31.0 Å². The van der Waals surface area contributed by atoms with Gasteiger partial charge in [0.1, 0.15) is 11.5 Å². The van der Waals surface area contributed by atoms with Crippen LogP contribution in [-0.2, 0) is 5.41 Å². The van der Waals surface area contributed by atoms with E-state index in [1.54, 1.807) is 19.2 Å². The molecule has 1 aliphatic carbocycles. The number of aromatic hydroxyl groups is 1. The third-order valence-corrected chi connectivity index (χ3v) is 2.75. The Bertz CT molecular complexity index is 397. The number of benzene rings is 1. The Labute approximate surface area is 83.5 Å². The molecule has 0 atom stereocenters. The van der Waals surface area contributed by atoms with Crippen LogP contribution in [-0.4, -0.2) is 12.2 Å². The summed E-state index contributed by atoms with van der Waals surface area (Å²) < 4.78 is 5.10. The van der Waals surface area contributed by atoms with Gasteiger partial charge in [0, 0.05) is 5.56 Å². The highest BCUT2D eigenvalue weighted by molar-refractivity contribution is 5.51. The Hall–Kier alpha value is -1.62. The fourth-order valence-electron chi connectivity index (χ4n) is 1.64. The molecule has 72 valence electrons. The van der Waals surface area contributed by atoms with E-state index in [4.69, 9.17) is 11.2 Å². The van der Waals surface area contributed by atoms with Gasteiger partial charge in [0.05, 0.1) is 12.5 Å². The lowest BCUT2D eigenvalue weighted by atomic mass is 9.96. The van der Waals surface area contributed by atoms with E-state index in [9.17, 15) is 5.11 Å². The fraction of sp³-hybridized carbons (Fsp3) is 0.333. The molecular formula is C12H12O2. The summed E-state index contributed by atoms with van der Waals surface area (Å²) in [5, 5.41) is 9.69. The molecule has 0 radical (unpaired) electrons. The van der Waals surface area contributed by atoms with Crippen LogP contribution in [0.2, 0.25) is 0 Å². The first-order valence-corrected chi connectivity index (χ1v) is 4.57. The molecule has 0 aromatic heterocycles. The topological polar surface area (TPSA) is 29.5 Å². The molecule has 1 aromatic carbocycles. The van der Waals surface area contributed by atoms with Gasteiger partial charge in [0.15, 0.2) is 0 Å². The molecular weight excluding hydrogens is 176 g/mol. The van der Waals surface area contributed by atoms with Crippen LogP contribution in [0.15, 0.2) is 18.2 Å². The quantitative estimate of drug-likeness (QED) is 0.720. The Kier molecular flexibility index (Phi) is 1.89. The molecule has 14 heavy (non-hydrogen) atoms. The van der Waals surface area contributed by atoms with Crippen LogP contribution in [0.25, 0.3) is 0 Å². The fourth-order valence-corrected chi connectivity index (χ4v) is 1.64. The number of methoxy groups -OCH3 is 1. The van der Waals surface area contributed by atoms with Crippen molar-refractivity contribution in [1.82, 2.24) is 0 Å². The number of rotatable bonds is 2. The first-order valence-electron chi connectivity index (χ1n) is 4.57. The largest absolute Gasteiger partial charge is 0.508 e. The summed E-state index contributed by atoms with van der Waals surface area (Å²) >= 11 is 0. The molecule has 2 heteroatoms. The second-order valence-corrected chi connectivity index (χ2v) is 3.61. The van der Waals surface area contributed by atoms with Crippen molar-refractivity contribution in [3.05, 3.63) is 23.8 Å². The normalized spacial score (nSPS) is 17.1. The standard InChI is InChI=1S/C12H12O2/c1-3-12(6-7-12)10-8-9(14-2)4-5-11(10)13/h1,4-5,8,13H,6-7H2,2H3. The monoisotopic (exact) mass is 188 g/mol. The van der Waals surface area contributed by atoms with Gasteiger partial charge in [-0.15, -0.1) is 6.42 Å². The maximum Gasteiger partial charge on any atom is 0.120 e. The van der Waals surface area contributed by atoms with Crippen molar-refractivity contribution in [2.45, 2.75) is 18.3 Å². The third-order valence-electron chi connectivity index (χ3n) is 2.75. The highest BCUT2D eigenvalue weighted by Crippen LogP contribution is 2.51. The van der Waals surface area contributed by atoms with Crippen LogP contribution in [0.5, 0.6) is 11.5 Å². The predicted octanol–water partition coefficient (Wildman–Crippen LogP) is 2.07. The maximum atomic E-state index is 9.69. The Morgan fingerprint density at radius 3 is 2.71 bits per heavy atom. The second kappa shape index (κ2) is 2.95. The van der Waals surface area contributed by atoms with Crippen molar-refractivity contribution in [3.63, 3.8) is 0 Å². The van der Waals surface area contributed by atoms with Crippen molar-refractivity contribution in [3.8, 4) is 23.8 Å². The molecule has 1 aliphatic rings. The molecule has 0 spiro atoms. The number of phenols is 1. The summed E-state index contributed by atoms with van der Waals surface area (Å²) in [5.41, 5.74) is 0.581. The summed E-state index contributed by atoms with van der Waals surface area (Å²) in [7, 11) is 1.60. The average Bonchev–Trinajstić information content (AvgIpc) is 2.99. The van der Waals surface area contributed by atoms with Crippen LogP contribution in [0.1, 0.15) is 18.4 Å². The number of hydrogen-bond acceptors (Lipinski definition) is 2. The number of phenolic OH excluding ortho intramolecular Hbond substituents is 1. The zero-order valence-corrected chi connectivity index (χ0v) is 8.08. The van der Waals surface area contributed by atoms with Gasteiger partial charge in [-0.25, -0.2) is 0 Å². The first-order chi connectivity index (χ1) is 6.72. The van der Waals surface area contributed by atoms with Crippen LogP contribution in [0.4, 0.5) is 0 Å². The summed E-state index contributed by atoms with van der Waals surface area (Å²) in [5.74, 6) is 3.75. The molecule has 0 saturated heterocycles. The molecule has 2 rings (SSSR count). The van der Waals surface area contributed by atoms with Gasteiger partial charge in [-0.2, -0.15) is 0 Å². The number of hydrogen-bond donors (Lipinski definition) is 1. The second-order valence-electron chi connectivity index (χ2n) is 3.61. The lowest BCUT2D eigenvalue weighted by Gasteiger charge is -2.11. The van der Waals surface area contributed by atoms with Gasteiger partial charge in [0.2, 0.25) is 0 Å². The van der Waals surface area contributed by atoms with E-state index in [0.717, 1.165) is 24.2 Å².